The van der Waals surface area contributed by atoms with Crippen LogP contribution in [0.4, 0.5) is 5.69 Å². The van der Waals surface area contributed by atoms with E-state index in [-0.39, 0.29) is 5.91 Å². The molecular formula is C16H14Cl3NOS. The lowest BCUT2D eigenvalue weighted by atomic mass is 10.2. The van der Waals surface area contributed by atoms with Gasteiger partial charge in [0.05, 0.1) is 5.75 Å². The number of anilines is 1. The SMILES string of the molecule is Cc1ccc(Cl)cc1NC(=O)CSCc1c(Cl)cccc1Cl. The fraction of sp³-hybridized carbons (Fsp3) is 0.188. The Kier molecular flexibility index (Phi) is 6.45. The number of hydrogen-bond donors (Lipinski definition) is 1. The van der Waals surface area contributed by atoms with E-state index >= 15 is 0 Å². The highest BCUT2D eigenvalue weighted by atomic mass is 35.5. The summed E-state index contributed by atoms with van der Waals surface area (Å²) in [6.45, 7) is 1.92. The second kappa shape index (κ2) is 8.11. The second-order valence-electron chi connectivity index (χ2n) is 4.70. The number of carbonyl (C=O) groups excluding carboxylic acids is 1. The molecule has 0 heterocycles. The Morgan fingerprint density at radius 2 is 1.82 bits per heavy atom. The van der Waals surface area contributed by atoms with Gasteiger partial charge in [0, 0.05) is 26.5 Å². The van der Waals surface area contributed by atoms with Gasteiger partial charge in [0.25, 0.3) is 0 Å². The molecule has 116 valence electrons. The van der Waals surface area contributed by atoms with E-state index in [4.69, 9.17) is 34.8 Å². The predicted octanol–water partition coefficient (Wildman–Crippen LogP) is 5.83. The topological polar surface area (TPSA) is 29.1 Å². The number of amides is 1. The van der Waals surface area contributed by atoms with Crippen LogP contribution >= 0.6 is 46.6 Å². The number of nitrogens with one attached hydrogen (secondary N) is 1. The Morgan fingerprint density at radius 1 is 1.14 bits per heavy atom. The van der Waals surface area contributed by atoms with Gasteiger partial charge in [-0.05, 0) is 42.3 Å². The first-order valence-corrected chi connectivity index (χ1v) is 8.83. The fourth-order valence-electron chi connectivity index (χ4n) is 1.83. The van der Waals surface area contributed by atoms with E-state index in [0.717, 1.165) is 16.8 Å². The smallest absolute Gasteiger partial charge is 0.234 e. The van der Waals surface area contributed by atoms with Crippen LogP contribution in [-0.2, 0) is 10.5 Å². The number of rotatable bonds is 5. The molecule has 22 heavy (non-hydrogen) atoms. The monoisotopic (exact) mass is 373 g/mol. The molecule has 0 aliphatic heterocycles. The lowest BCUT2D eigenvalue weighted by Crippen LogP contribution is -2.15. The van der Waals surface area contributed by atoms with Crippen LogP contribution in [0.2, 0.25) is 15.1 Å². The first-order chi connectivity index (χ1) is 10.5. The van der Waals surface area contributed by atoms with Gasteiger partial charge in [0.15, 0.2) is 0 Å². The maximum atomic E-state index is 12.0. The van der Waals surface area contributed by atoms with Crippen molar-refractivity contribution in [2.24, 2.45) is 0 Å². The highest BCUT2D eigenvalue weighted by Crippen LogP contribution is 2.28. The number of aryl methyl sites for hydroxylation is 1. The molecule has 0 aromatic heterocycles. The van der Waals surface area contributed by atoms with E-state index in [9.17, 15) is 4.79 Å². The third-order valence-electron chi connectivity index (χ3n) is 3.01. The summed E-state index contributed by atoms with van der Waals surface area (Å²) >= 11 is 19.6. The third-order valence-corrected chi connectivity index (χ3v) is 4.92. The van der Waals surface area contributed by atoms with Crippen LogP contribution in [0.25, 0.3) is 0 Å². The Hall–Kier alpha value is -0.870. The highest BCUT2D eigenvalue weighted by molar-refractivity contribution is 7.99. The summed E-state index contributed by atoms with van der Waals surface area (Å²) in [5, 5.41) is 4.68. The van der Waals surface area contributed by atoms with Gasteiger partial charge in [-0.15, -0.1) is 11.8 Å². The predicted molar refractivity (Wildman–Crippen MR) is 97.4 cm³/mol. The summed E-state index contributed by atoms with van der Waals surface area (Å²) in [6, 6.07) is 10.8. The quantitative estimate of drug-likeness (QED) is 0.713. The maximum Gasteiger partial charge on any atom is 0.234 e. The van der Waals surface area contributed by atoms with Crippen LogP contribution in [0.3, 0.4) is 0 Å². The van der Waals surface area contributed by atoms with Crippen molar-refractivity contribution in [3.8, 4) is 0 Å². The molecule has 1 amide bonds. The molecule has 0 unspecified atom stereocenters. The molecule has 0 fully saturated rings. The molecule has 0 atom stereocenters. The zero-order valence-electron chi connectivity index (χ0n) is 11.8. The lowest BCUT2D eigenvalue weighted by Gasteiger charge is -2.09. The van der Waals surface area contributed by atoms with Crippen molar-refractivity contribution < 1.29 is 4.79 Å². The minimum Gasteiger partial charge on any atom is -0.325 e. The Balaban J connectivity index is 1.89. The van der Waals surface area contributed by atoms with Crippen molar-refractivity contribution in [3.05, 3.63) is 62.6 Å². The van der Waals surface area contributed by atoms with Crippen LogP contribution in [0.5, 0.6) is 0 Å². The van der Waals surface area contributed by atoms with Crippen LogP contribution in [0.15, 0.2) is 36.4 Å². The van der Waals surface area contributed by atoms with Crippen molar-refractivity contribution in [1.29, 1.82) is 0 Å². The molecule has 1 N–H and O–H groups in total. The molecule has 0 aliphatic rings. The van der Waals surface area contributed by atoms with E-state index in [1.165, 1.54) is 11.8 Å². The van der Waals surface area contributed by atoms with Gasteiger partial charge in [0.1, 0.15) is 0 Å². The third kappa shape index (κ3) is 4.82. The van der Waals surface area contributed by atoms with E-state index in [0.29, 0.717) is 26.6 Å². The van der Waals surface area contributed by atoms with E-state index in [1.807, 2.05) is 13.0 Å². The molecule has 0 aliphatic carbocycles. The van der Waals surface area contributed by atoms with Gasteiger partial charge in [-0.1, -0.05) is 46.9 Å². The minimum absolute atomic E-state index is 0.0847. The lowest BCUT2D eigenvalue weighted by molar-refractivity contribution is -0.113. The molecule has 6 heteroatoms. The van der Waals surface area contributed by atoms with Crippen molar-refractivity contribution in [1.82, 2.24) is 0 Å². The molecule has 0 saturated carbocycles. The van der Waals surface area contributed by atoms with Gasteiger partial charge < -0.3 is 5.32 Å². The van der Waals surface area contributed by atoms with Crippen LogP contribution in [0, 0.1) is 6.92 Å². The zero-order valence-corrected chi connectivity index (χ0v) is 14.9. The summed E-state index contributed by atoms with van der Waals surface area (Å²) in [6.07, 6.45) is 0. The summed E-state index contributed by atoms with van der Waals surface area (Å²) in [7, 11) is 0. The molecule has 0 radical (unpaired) electrons. The molecule has 2 aromatic rings. The summed E-state index contributed by atoms with van der Waals surface area (Å²) in [5.74, 6) is 0.812. The van der Waals surface area contributed by atoms with Gasteiger partial charge in [0.2, 0.25) is 5.91 Å². The molecule has 2 nitrogen and oxygen atoms in total. The number of thioether (sulfide) groups is 1. The van der Waals surface area contributed by atoms with Crippen LogP contribution in [-0.4, -0.2) is 11.7 Å². The number of benzene rings is 2. The van der Waals surface area contributed by atoms with Crippen LogP contribution in [0.1, 0.15) is 11.1 Å². The molecule has 2 aromatic carbocycles. The van der Waals surface area contributed by atoms with Gasteiger partial charge in [-0.3, -0.25) is 4.79 Å². The first kappa shape index (κ1) is 17.5. The molecule has 0 saturated heterocycles. The minimum atomic E-state index is -0.0847. The summed E-state index contributed by atoms with van der Waals surface area (Å²) in [5.41, 5.74) is 2.55. The van der Waals surface area contributed by atoms with Crippen molar-refractivity contribution in [3.63, 3.8) is 0 Å². The van der Waals surface area contributed by atoms with Crippen molar-refractivity contribution in [2.75, 3.05) is 11.1 Å². The zero-order chi connectivity index (χ0) is 16.1. The van der Waals surface area contributed by atoms with Gasteiger partial charge >= 0.3 is 0 Å². The summed E-state index contributed by atoms with van der Waals surface area (Å²) in [4.78, 5) is 12.0. The molecule has 0 bridgehead atoms. The molecular weight excluding hydrogens is 361 g/mol. The maximum absolute atomic E-state index is 12.0. The van der Waals surface area contributed by atoms with Crippen LogP contribution < -0.4 is 5.32 Å². The average molecular weight is 375 g/mol. The highest BCUT2D eigenvalue weighted by Gasteiger charge is 2.09. The number of carbonyl (C=O) groups is 1. The number of halogens is 3. The van der Waals surface area contributed by atoms with Crippen molar-refractivity contribution in [2.45, 2.75) is 12.7 Å². The van der Waals surface area contributed by atoms with E-state index in [1.54, 1.807) is 30.3 Å². The molecule has 2 rings (SSSR count). The van der Waals surface area contributed by atoms with Gasteiger partial charge in [-0.25, -0.2) is 0 Å². The Labute approximate surface area is 149 Å². The normalized spacial score (nSPS) is 10.5. The Bertz CT molecular complexity index is 671. The van der Waals surface area contributed by atoms with Gasteiger partial charge in [-0.2, -0.15) is 0 Å². The van der Waals surface area contributed by atoms with E-state index in [2.05, 4.69) is 5.32 Å². The molecule has 0 spiro atoms. The van der Waals surface area contributed by atoms with Crippen molar-refractivity contribution >= 4 is 58.2 Å². The Morgan fingerprint density at radius 3 is 2.50 bits per heavy atom. The van der Waals surface area contributed by atoms with E-state index < -0.39 is 0 Å². The average Bonchev–Trinajstić information content (AvgIpc) is 2.46. The fourth-order valence-corrected chi connectivity index (χ4v) is 3.57. The first-order valence-electron chi connectivity index (χ1n) is 6.54. The largest absolute Gasteiger partial charge is 0.325 e. The number of hydrogen-bond acceptors (Lipinski definition) is 2. The second-order valence-corrected chi connectivity index (χ2v) is 6.94. The summed E-state index contributed by atoms with van der Waals surface area (Å²) < 4.78 is 0. The standard InChI is InChI=1S/C16H14Cl3NOS/c1-10-5-6-11(17)7-15(10)20-16(21)9-22-8-12-13(18)3-2-4-14(12)19/h2-7H,8-9H2,1H3,(H,20,21).